The molecule has 2 rings (SSSR count). The van der Waals surface area contributed by atoms with Gasteiger partial charge in [-0.2, -0.15) is 0 Å². The monoisotopic (exact) mass is 314 g/mol. The highest BCUT2D eigenvalue weighted by molar-refractivity contribution is 5.43. The van der Waals surface area contributed by atoms with Crippen molar-refractivity contribution in [1.29, 1.82) is 0 Å². The predicted octanol–water partition coefficient (Wildman–Crippen LogP) is 5.15. The Morgan fingerprint density at radius 1 is 0.957 bits per heavy atom. The van der Waals surface area contributed by atoms with Gasteiger partial charge in [0.05, 0.1) is 13.7 Å². The van der Waals surface area contributed by atoms with Crippen LogP contribution in [0.4, 0.5) is 0 Å². The van der Waals surface area contributed by atoms with Gasteiger partial charge in [-0.1, -0.05) is 50.2 Å². The van der Waals surface area contributed by atoms with E-state index in [1.807, 2.05) is 49.4 Å². The molecule has 0 saturated heterocycles. The van der Waals surface area contributed by atoms with E-state index in [-0.39, 0.29) is 6.29 Å². The summed E-state index contributed by atoms with van der Waals surface area (Å²) < 4.78 is 17.1. The van der Waals surface area contributed by atoms with Crippen LogP contribution in [0, 0.1) is 0 Å². The third-order valence-electron chi connectivity index (χ3n) is 3.99. The smallest absolute Gasteiger partial charge is 0.197 e. The molecule has 124 valence electrons. The van der Waals surface area contributed by atoms with Gasteiger partial charge in [-0.05, 0) is 42.5 Å². The lowest BCUT2D eigenvalue weighted by molar-refractivity contribution is -0.0768. The number of benzene rings is 2. The Labute approximate surface area is 139 Å². The maximum atomic E-state index is 5.88. The van der Waals surface area contributed by atoms with Crippen molar-refractivity contribution in [3.63, 3.8) is 0 Å². The van der Waals surface area contributed by atoms with Crippen molar-refractivity contribution >= 4 is 0 Å². The second-order valence-electron chi connectivity index (χ2n) is 5.70. The number of hydrogen-bond donors (Lipinski definition) is 0. The molecule has 0 aromatic heterocycles. The van der Waals surface area contributed by atoms with Crippen LogP contribution in [0.25, 0.3) is 0 Å². The van der Waals surface area contributed by atoms with Crippen molar-refractivity contribution in [2.24, 2.45) is 0 Å². The van der Waals surface area contributed by atoms with E-state index in [9.17, 15) is 0 Å². The summed E-state index contributed by atoms with van der Waals surface area (Å²) in [6.07, 6.45) is 0.749. The van der Waals surface area contributed by atoms with Crippen LogP contribution >= 0.6 is 0 Å². The van der Waals surface area contributed by atoms with Crippen LogP contribution in [0.2, 0.25) is 0 Å². The molecule has 2 aromatic carbocycles. The summed E-state index contributed by atoms with van der Waals surface area (Å²) in [5.74, 6) is 1.96. The Kier molecular flexibility index (Phi) is 6.48. The van der Waals surface area contributed by atoms with Gasteiger partial charge in [0.25, 0.3) is 0 Å². The zero-order valence-electron chi connectivity index (χ0n) is 14.4. The first kappa shape index (κ1) is 17.4. The molecule has 0 saturated carbocycles. The van der Waals surface area contributed by atoms with E-state index in [2.05, 4.69) is 19.9 Å². The van der Waals surface area contributed by atoms with Crippen LogP contribution in [0.1, 0.15) is 44.2 Å². The largest absolute Gasteiger partial charge is 0.493 e. The number of methoxy groups -OCH3 is 1. The molecule has 3 nitrogen and oxygen atoms in total. The lowest BCUT2D eigenvalue weighted by atomic mass is 9.98. The van der Waals surface area contributed by atoms with Gasteiger partial charge in [-0.3, -0.25) is 0 Å². The molecule has 2 atom stereocenters. The number of rotatable bonds is 8. The highest BCUT2D eigenvalue weighted by Crippen LogP contribution is 2.32. The van der Waals surface area contributed by atoms with Gasteiger partial charge in [0.15, 0.2) is 17.8 Å². The maximum Gasteiger partial charge on any atom is 0.197 e. The van der Waals surface area contributed by atoms with Gasteiger partial charge < -0.3 is 14.2 Å². The summed E-state index contributed by atoms with van der Waals surface area (Å²) >= 11 is 0. The molecule has 2 unspecified atom stereocenters. The molecule has 3 heteroatoms. The molecular weight excluding hydrogens is 288 g/mol. The number of hydrogen-bond acceptors (Lipinski definition) is 3. The molecule has 0 spiro atoms. The molecule has 0 fully saturated rings. The zero-order chi connectivity index (χ0) is 16.7. The first-order chi connectivity index (χ1) is 11.1. The van der Waals surface area contributed by atoms with Gasteiger partial charge in [0, 0.05) is 0 Å². The number of ether oxygens (including phenoxy) is 3. The second kappa shape index (κ2) is 8.59. The molecule has 0 aliphatic rings. The predicted molar refractivity (Wildman–Crippen MR) is 93.0 cm³/mol. The molecule has 23 heavy (non-hydrogen) atoms. The van der Waals surface area contributed by atoms with E-state index >= 15 is 0 Å². The Balaban J connectivity index is 1.98. The van der Waals surface area contributed by atoms with Crippen LogP contribution in [-0.2, 0) is 11.3 Å². The second-order valence-corrected chi connectivity index (χ2v) is 5.70. The first-order valence-corrected chi connectivity index (χ1v) is 8.14. The quantitative estimate of drug-likeness (QED) is 0.631. The molecule has 0 bridgehead atoms. The zero-order valence-corrected chi connectivity index (χ0v) is 14.4. The summed E-state index contributed by atoms with van der Waals surface area (Å²) in [6, 6.07) is 16.2. The van der Waals surface area contributed by atoms with Crippen molar-refractivity contribution in [1.82, 2.24) is 0 Å². The van der Waals surface area contributed by atoms with E-state index in [1.165, 1.54) is 5.56 Å². The van der Waals surface area contributed by atoms with E-state index < -0.39 is 0 Å². The first-order valence-electron chi connectivity index (χ1n) is 8.14. The topological polar surface area (TPSA) is 27.7 Å². The summed E-state index contributed by atoms with van der Waals surface area (Å²) in [6.45, 7) is 6.81. The van der Waals surface area contributed by atoms with Crippen molar-refractivity contribution in [3.8, 4) is 11.5 Å². The minimum absolute atomic E-state index is 0.349. The fourth-order valence-electron chi connectivity index (χ4n) is 2.32. The Morgan fingerprint density at radius 2 is 1.70 bits per heavy atom. The summed E-state index contributed by atoms with van der Waals surface area (Å²) in [5.41, 5.74) is 2.39. The minimum Gasteiger partial charge on any atom is -0.493 e. The van der Waals surface area contributed by atoms with E-state index in [0.717, 1.165) is 17.7 Å². The average Bonchev–Trinajstić information content (AvgIpc) is 2.60. The maximum absolute atomic E-state index is 5.88. The molecule has 0 aliphatic carbocycles. The Morgan fingerprint density at radius 3 is 2.35 bits per heavy atom. The van der Waals surface area contributed by atoms with E-state index in [1.54, 1.807) is 7.11 Å². The van der Waals surface area contributed by atoms with Gasteiger partial charge in [-0.15, -0.1) is 0 Å². The minimum atomic E-state index is -0.349. The average molecular weight is 314 g/mol. The Hall–Kier alpha value is -2.00. The molecule has 0 amide bonds. The van der Waals surface area contributed by atoms with E-state index in [4.69, 9.17) is 14.2 Å². The summed E-state index contributed by atoms with van der Waals surface area (Å²) in [4.78, 5) is 0. The van der Waals surface area contributed by atoms with Crippen LogP contribution in [0.5, 0.6) is 11.5 Å². The van der Waals surface area contributed by atoms with Gasteiger partial charge >= 0.3 is 0 Å². The van der Waals surface area contributed by atoms with Crippen molar-refractivity contribution in [2.45, 2.75) is 46.0 Å². The molecule has 0 N–H and O–H groups in total. The normalized spacial score (nSPS) is 13.4. The lowest BCUT2D eigenvalue weighted by Gasteiger charge is -2.19. The van der Waals surface area contributed by atoms with Crippen LogP contribution in [0.15, 0.2) is 48.5 Å². The molecular formula is C20H26O3. The van der Waals surface area contributed by atoms with Gasteiger partial charge in [0.1, 0.15) is 0 Å². The molecule has 0 heterocycles. The molecule has 0 radical (unpaired) electrons. The SMILES string of the molecule is CCC(C)c1ccc(OC(C)OCc2ccccc2)c(OC)c1. The van der Waals surface area contributed by atoms with Crippen molar-refractivity contribution in [3.05, 3.63) is 59.7 Å². The van der Waals surface area contributed by atoms with Crippen molar-refractivity contribution in [2.75, 3.05) is 7.11 Å². The highest BCUT2D eigenvalue weighted by atomic mass is 16.7. The molecule has 2 aromatic rings. The fourth-order valence-corrected chi connectivity index (χ4v) is 2.32. The van der Waals surface area contributed by atoms with Gasteiger partial charge in [-0.25, -0.2) is 0 Å². The van der Waals surface area contributed by atoms with Crippen LogP contribution in [-0.4, -0.2) is 13.4 Å². The summed E-state index contributed by atoms with van der Waals surface area (Å²) in [5, 5.41) is 0. The third-order valence-corrected chi connectivity index (χ3v) is 3.99. The lowest BCUT2D eigenvalue weighted by Crippen LogP contribution is -2.16. The highest BCUT2D eigenvalue weighted by Gasteiger charge is 2.12. The third kappa shape index (κ3) is 5.00. The fraction of sp³-hybridized carbons (Fsp3) is 0.400. The van der Waals surface area contributed by atoms with Crippen molar-refractivity contribution < 1.29 is 14.2 Å². The van der Waals surface area contributed by atoms with Crippen LogP contribution < -0.4 is 9.47 Å². The standard InChI is InChI=1S/C20H26O3/c1-5-15(2)18-11-12-19(20(13-18)21-4)23-16(3)22-14-17-9-7-6-8-10-17/h6-13,15-16H,5,14H2,1-4H3. The van der Waals surface area contributed by atoms with Gasteiger partial charge in [0.2, 0.25) is 0 Å². The molecule has 0 aliphatic heterocycles. The van der Waals surface area contributed by atoms with E-state index in [0.29, 0.717) is 18.3 Å². The summed E-state index contributed by atoms with van der Waals surface area (Å²) in [7, 11) is 1.66. The van der Waals surface area contributed by atoms with Crippen LogP contribution in [0.3, 0.4) is 0 Å². The Bertz CT molecular complexity index is 595.